The van der Waals surface area contributed by atoms with Gasteiger partial charge in [0.1, 0.15) is 0 Å². The van der Waals surface area contributed by atoms with Crippen LogP contribution in [0, 0.1) is 0 Å². The summed E-state index contributed by atoms with van der Waals surface area (Å²) in [6.45, 7) is 1.09. The molecule has 0 aromatic heterocycles. The summed E-state index contributed by atoms with van der Waals surface area (Å²) in [6.07, 6.45) is 0.722. The van der Waals surface area contributed by atoms with E-state index in [2.05, 4.69) is 11.9 Å². The highest BCUT2D eigenvalue weighted by Gasteiger charge is 2.35. The van der Waals surface area contributed by atoms with E-state index in [1.165, 1.54) is 5.56 Å². The fraction of sp³-hybridized carbons (Fsp3) is 0.455. The number of methoxy groups -OCH3 is 3. The molecule has 0 saturated carbocycles. The Morgan fingerprint density at radius 1 is 1.10 bits per heavy atom. The van der Waals surface area contributed by atoms with Crippen LogP contribution in [0.2, 0.25) is 0 Å². The second-order valence-corrected chi connectivity index (χ2v) is 7.33. The Bertz CT molecular complexity index is 899. The van der Waals surface area contributed by atoms with E-state index in [1.54, 1.807) is 21.3 Å². The van der Waals surface area contributed by atoms with Crippen molar-refractivity contribution in [2.45, 2.75) is 25.0 Å². The van der Waals surface area contributed by atoms with Crippen LogP contribution in [0.15, 0.2) is 24.3 Å². The van der Waals surface area contributed by atoms with Crippen molar-refractivity contribution in [3.05, 3.63) is 41.0 Å². The number of nitrogens with zero attached hydrogens (tertiary/aromatic N) is 1. The zero-order chi connectivity index (χ0) is 20.5. The smallest absolute Gasteiger partial charge is 0.231 e. The highest BCUT2D eigenvalue weighted by Crippen LogP contribution is 2.51. The normalized spacial score (nSPS) is 18.9. The molecule has 0 amide bonds. The van der Waals surface area contributed by atoms with Gasteiger partial charge in [-0.3, -0.25) is 4.90 Å². The van der Waals surface area contributed by atoms with Gasteiger partial charge in [-0.05, 0) is 49.2 Å². The Morgan fingerprint density at radius 2 is 1.90 bits per heavy atom. The maximum absolute atomic E-state index is 11.0. The van der Waals surface area contributed by atoms with Crippen molar-refractivity contribution in [2.24, 2.45) is 0 Å². The van der Waals surface area contributed by atoms with Gasteiger partial charge in [0.05, 0.1) is 27.4 Å². The number of benzene rings is 2. The molecule has 1 N–H and O–H groups in total. The van der Waals surface area contributed by atoms with E-state index in [4.69, 9.17) is 23.7 Å². The molecule has 0 aliphatic carbocycles. The molecule has 0 unspecified atom stereocenters. The first-order valence-electron chi connectivity index (χ1n) is 9.67. The summed E-state index contributed by atoms with van der Waals surface area (Å²) in [5.41, 5.74) is 3.02. The lowest BCUT2D eigenvalue weighted by Crippen LogP contribution is -2.33. The molecule has 156 valence electrons. The summed E-state index contributed by atoms with van der Waals surface area (Å²) in [5, 5.41) is 11.0. The molecule has 2 aromatic rings. The van der Waals surface area contributed by atoms with Crippen LogP contribution < -0.4 is 23.7 Å². The number of hydrogen-bond donors (Lipinski definition) is 1. The highest BCUT2D eigenvalue weighted by molar-refractivity contribution is 5.61. The van der Waals surface area contributed by atoms with E-state index in [0.717, 1.165) is 29.8 Å². The number of ether oxygens (including phenoxy) is 5. The van der Waals surface area contributed by atoms with Gasteiger partial charge in [0.25, 0.3) is 0 Å². The molecule has 4 rings (SSSR count). The van der Waals surface area contributed by atoms with Crippen molar-refractivity contribution < 1.29 is 28.8 Å². The number of rotatable bonds is 6. The molecule has 7 heteroatoms. The molecule has 2 heterocycles. The molecule has 2 aliphatic rings. The maximum Gasteiger partial charge on any atom is 0.231 e. The van der Waals surface area contributed by atoms with Crippen molar-refractivity contribution in [3.8, 4) is 28.7 Å². The predicted molar refractivity (Wildman–Crippen MR) is 107 cm³/mol. The van der Waals surface area contributed by atoms with Gasteiger partial charge in [0, 0.05) is 18.2 Å². The third-order valence-electron chi connectivity index (χ3n) is 5.79. The van der Waals surface area contributed by atoms with Crippen LogP contribution >= 0.6 is 0 Å². The molecule has 2 aromatic carbocycles. The molecule has 0 spiro atoms. The number of likely N-dealkylation sites (N-methyl/N-ethyl adjacent to an activating group) is 1. The van der Waals surface area contributed by atoms with E-state index in [9.17, 15) is 5.11 Å². The molecular weight excluding hydrogens is 374 g/mol. The first kappa shape index (κ1) is 19.7. The first-order chi connectivity index (χ1) is 14.1. The maximum atomic E-state index is 11.0. The molecular formula is C22H27NO6. The van der Waals surface area contributed by atoms with Crippen molar-refractivity contribution in [3.63, 3.8) is 0 Å². The lowest BCUT2D eigenvalue weighted by molar-refractivity contribution is 0.107. The van der Waals surface area contributed by atoms with Crippen LogP contribution in [0.3, 0.4) is 0 Å². The van der Waals surface area contributed by atoms with Gasteiger partial charge in [-0.15, -0.1) is 0 Å². The molecule has 2 aliphatic heterocycles. The molecule has 7 nitrogen and oxygen atoms in total. The van der Waals surface area contributed by atoms with Crippen molar-refractivity contribution >= 4 is 0 Å². The Morgan fingerprint density at radius 3 is 2.62 bits per heavy atom. The minimum Gasteiger partial charge on any atom is -0.493 e. The standard InChI is InChI=1S/C22H27NO6/c1-23-8-7-14-10-19-21(29-12-28-19)22(27-4)20(14)15(23)11-16(24)13-5-6-17(25-2)18(9-13)26-3/h5-6,9-10,15-16,24H,7-8,11-12H2,1-4H3/t15-,16+/m0/s1. The first-order valence-corrected chi connectivity index (χ1v) is 9.67. The van der Waals surface area contributed by atoms with Gasteiger partial charge in [0.2, 0.25) is 12.5 Å². The molecule has 2 atom stereocenters. The zero-order valence-corrected chi connectivity index (χ0v) is 17.2. The van der Waals surface area contributed by atoms with Crippen molar-refractivity contribution in [1.29, 1.82) is 0 Å². The third-order valence-corrected chi connectivity index (χ3v) is 5.79. The summed E-state index contributed by atoms with van der Waals surface area (Å²) in [6, 6.07) is 7.53. The van der Waals surface area contributed by atoms with E-state index in [1.807, 2.05) is 24.3 Å². The SMILES string of the molecule is COc1ccc([C@H](O)C[C@H]2c3c(cc4c(c3OC)OCO4)CCN2C)cc1OC. The van der Waals surface area contributed by atoms with Gasteiger partial charge in [0.15, 0.2) is 23.0 Å². The molecule has 0 saturated heterocycles. The van der Waals surface area contributed by atoms with Gasteiger partial charge in [-0.25, -0.2) is 0 Å². The van der Waals surface area contributed by atoms with Crippen LogP contribution in [0.4, 0.5) is 0 Å². The van der Waals surface area contributed by atoms with E-state index < -0.39 is 6.10 Å². The van der Waals surface area contributed by atoms with Crippen molar-refractivity contribution in [2.75, 3.05) is 41.7 Å². The van der Waals surface area contributed by atoms with Crippen LogP contribution in [-0.4, -0.2) is 51.7 Å². The van der Waals surface area contributed by atoms with Crippen LogP contribution in [0.1, 0.15) is 35.3 Å². The van der Waals surface area contributed by atoms with Gasteiger partial charge in [-0.1, -0.05) is 6.07 Å². The molecule has 0 bridgehead atoms. The fourth-order valence-corrected chi connectivity index (χ4v) is 4.23. The van der Waals surface area contributed by atoms with Gasteiger partial charge >= 0.3 is 0 Å². The zero-order valence-electron chi connectivity index (χ0n) is 17.2. The Kier molecular flexibility index (Phi) is 5.43. The van der Waals surface area contributed by atoms with Gasteiger partial charge in [-0.2, -0.15) is 0 Å². The number of hydrogen-bond acceptors (Lipinski definition) is 7. The Labute approximate surface area is 170 Å². The number of aliphatic hydroxyl groups excluding tert-OH is 1. The highest BCUT2D eigenvalue weighted by atomic mass is 16.7. The second kappa shape index (κ2) is 8.00. The van der Waals surface area contributed by atoms with E-state index in [-0.39, 0.29) is 12.8 Å². The average Bonchev–Trinajstić information content (AvgIpc) is 3.21. The summed E-state index contributed by atoms with van der Waals surface area (Å²) >= 11 is 0. The average molecular weight is 401 g/mol. The largest absolute Gasteiger partial charge is 0.493 e. The van der Waals surface area contributed by atoms with Gasteiger partial charge < -0.3 is 28.8 Å². The van der Waals surface area contributed by atoms with Crippen molar-refractivity contribution in [1.82, 2.24) is 4.90 Å². The minimum atomic E-state index is -0.677. The van der Waals surface area contributed by atoms with E-state index >= 15 is 0 Å². The summed E-state index contributed by atoms with van der Waals surface area (Å²) in [5.74, 6) is 3.31. The lowest BCUT2D eigenvalue weighted by Gasteiger charge is -2.37. The summed E-state index contributed by atoms with van der Waals surface area (Å²) in [4.78, 5) is 2.25. The number of fused-ring (bicyclic) bond motifs is 2. The second-order valence-electron chi connectivity index (χ2n) is 7.33. The summed E-state index contributed by atoms with van der Waals surface area (Å²) < 4.78 is 27.7. The fourth-order valence-electron chi connectivity index (χ4n) is 4.23. The van der Waals surface area contributed by atoms with Crippen LogP contribution in [-0.2, 0) is 6.42 Å². The molecule has 0 radical (unpaired) electrons. The Balaban J connectivity index is 1.68. The topological polar surface area (TPSA) is 69.6 Å². The minimum absolute atomic E-state index is 0.0219. The number of aliphatic hydroxyl groups is 1. The molecule has 29 heavy (non-hydrogen) atoms. The van der Waals surface area contributed by atoms with E-state index in [0.29, 0.717) is 29.4 Å². The monoisotopic (exact) mass is 401 g/mol. The Hall–Kier alpha value is -2.64. The quantitative estimate of drug-likeness (QED) is 0.798. The predicted octanol–water partition coefficient (Wildman–Crippen LogP) is 3.09. The third kappa shape index (κ3) is 3.45. The molecule has 0 fully saturated rings. The van der Waals surface area contributed by atoms with Crippen LogP contribution in [0.25, 0.3) is 0 Å². The summed E-state index contributed by atoms with van der Waals surface area (Å²) in [7, 11) is 6.90. The van der Waals surface area contributed by atoms with Crippen LogP contribution in [0.5, 0.6) is 28.7 Å². The lowest BCUT2D eigenvalue weighted by atomic mass is 9.87.